The fourth-order valence-corrected chi connectivity index (χ4v) is 3.78. The van der Waals surface area contributed by atoms with E-state index in [4.69, 9.17) is 9.15 Å². The molecule has 1 aromatic heterocycles. The second kappa shape index (κ2) is 8.38. The number of rotatable bonds is 7. The second-order valence-corrected chi connectivity index (χ2v) is 7.97. The quantitative estimate of drug-likeness (QED) is 0.458. The van der Waals surface area contributed by atoms with Crippen molar-refractivity contribution in [1.82, 2.24) is 4.98 Å². The van der Waals surface area contributed by atoms with E-state index in [9.17, 15) is 12.8 Å². The van der Waals surface area contributed by atoms with Gasteiger partial charge in [-0.2, -0.15) is 0 Å². The lowest BCUT2D eigenvalue weighted by Crippen LogP contribution is -2.12. The van der Waals surface area contributed by atoms with E-state index in [0.29, 0.717) is 11.3 Å². The summed E-state index contributed by atoms with van der Waals surface area (Å²) < 4.78 is 52.8. The largest absolute Gasteiger partial charge is 0.481 e. The van der Waals surface area contributed by atoms with Crippen LogP contribution in [-0.2, 0) is 16.6 Å². The van der Waals surface area contributed by atoms with Crippen LogP contribution in [-0.4, -0.2) is 13.4 Å². The van der Waals surface area contributed by atoms with Crippen molar-refractivity contribution in [3.63, 3.8) is 0 Å². The van der Waals surface area contributed by atoms with Crippen LogP contribution in [0.1, 0.15) is 5.89 Å². The number of benzene rings is 3. The van der Waals surface area contributed by atoms with Crippen molar-refractivity contribution >= 4 is 15.9 Å². The van der Waals surface area contributed by atoms with Gasteiger partial charge in [0.1, 0.15) is 5.69 Å². The minimum Gasteiger partial charge on any atom is -0.481 e. The fraction of sp³-hybridized carbons (Fsp3) is 0.0455. The van der Waals surface area contributed by atoms with Crippen molar-refractivity contribution in [2.24, 2.45) is 0 Å². The molecule has 0 aliphatic rings. The van der Waals surface area contributed by atoms with Crippen molar-refractivity contribution in [2.75, 3.05) is 4.72 Å². The molecule has 0 spiro atoms. The zero-order valence-corrected chi connectivity index (χ0v) is 16.5. The first kappa shape index (κ1) is 19.7. The van der Waals surface area contributed by atoms with Gasteiger partial charge in [0.25, 0.3) is 10.0 Å². The Morgan fingerprint density at radius 2 is 1.53 bits per heavy atom. The lowest BCUT2D eigenvalue weighted by atomic mass is 10.2. The van der Waals surface area contributed by atoms with Crippen LogP contribution in [0.3, 0.4) is 0 Å². The highest BCUT2D eigenvalue weighted by Gasteiger charge is 2.22. The van der Waals surface area contributed by atoms with Gasteiger partial charge in [0.05, 0.1) is 4.90 Å². The molecule has 0 aliphatic carbocycles. The Hall–Kier alpha value is -3.65. The number of para-hydroxylation sites is 1. The van der Waals surface area contributed by atoms with Gasteiger partial charge in [-0.1, -0.05) is 60.7 Å². The zero-order chi connectivity index (χ0) is 21.0. The first-order valence-corrected chi connectivity index (χ1v) is 10.5. The molecule has 3 aromatic carbocycles. The zero-order valence-electron chi connectivity index (χ0n) is 15.7. The maximum Gasteiger partial charge on any atom is 0.264 e. The maximum absolute atomic E-state index is 13.8. The van der Waals surface area contributed by atoms with Gasteiger partial charge in [0, 0.05) is 5.56 Å². The summed E-state index contributed by atoms with van der Waals surface area (Å²) in [7, 11) is -3.89. The molecule has 0 atom stereocenters. The van der Waals surface area contributed by atoms with Crippen LogP contribution >= 0.6 is 0 Å². The summed E-state index contributed by atoms with van der Waals surface area (Å²) in [4.78, 5) is 4.45. The van der Waals surface area contributed by atoms with Gasteiger partial charge in [-0.25, -0.2) is 22.5 Å². The van der Waals surface area contributed by atoms with E-state index in [1.54, 1.807) is 54.6 Å². The van der Waals surface area contributed by atoms with E-state index in [1.807, 2.05) is 6.07 Å². The Morgan fingerprint density at radius 1 is 0.900 bits per heavy atom. The second-order valence-electron chi connectivity index (χ2n) is 6.29. The third kappa shape index (κ3) is 4.33. The van der Waals surface area contributed by atoms with Crippen molar-refractivity contribution < 1.29 is 22.0 Å². The molecule has 6 nitrogen and oxygen atoms in total. The molecule has 1 heterocycles. The normalized spacial score (nSPS) is 11.2. The van der Waals surface area contributed by atoms with Gasteiger partial charge < -0.3 is 9.15 Å². The predicted molar refractivity (Wildman–Crippen MR) is 110 cm³/mol. The average molecular weight is 424 g/mol. The van der Waals surface area contributed by atoms with Crippen molar-refractivity contribution in [3.05, 3.63) is 96.6 Å². The molecule has 0 bridgehead atoms. The van der Waals surface area contributed by atoms with Crippen molar-refractivity contribution in [1.29, 1.82) is 0 Å². The molecular weight excluding hydrogens is 407 g/mol. The first-order chi connectivity index (χ1) is 14.5. The van der Waals surface area contributed by atoms with Crippen LogP contribution in [0.2, 0.25) is 0 Å². The van der Waals surface area contributed by atoms with E-state index in [-0.39, 0.29) is 29.0 Å². The monoisotopic (exact) mass is 424 g/mol. The number of hydrogen-bond acceptors (Lipinski definition) is 5. The molecule has 1 N–H and O–H groups in total. The number of anilines is 1. The number of halogens is 1. The Balaban J connectivity index is 1.66. The lowest BCUT2D eigenvalue weighted by Gasteiger charge is -2.07. The average Bonchev–Trinajstić information content (AvgIpc) is 3.16. The Labute approximate surface area is 173 Å². The molecule has 0 unspecified atom stereocenters. The van der Waals surface area contributed by atoms with Crippen molar-refractivity contribution in [2.45, 2.75) is 11.5 Å². The highest BCUT2D eigenvalue weighted by Crippen LogP contribution is 2.31. The molecule has 0 aliphatic heterocycles. The molecule has 0 saturated carbocycles. The van der Waals surface area contributed by atoms with Crippen LogP contribution < -0.4 is 9.46 Å². The standard InChI is InChI=1S/C22H17FN2O4S/c23-18-13-7-8-14-19(18)28-15-20-24-21(16-9-3-1-4-10-16)22(29-20)25-30(26,27)17-11-5-2-6-12-17/h1-14,25H,15H2. The fourth-order valence-electron chi connectivity index (χ4n) is 2.77. The SMILES string of the molecule is O=S(=O)(Nc1oc(COc2ccccc2F)nc1-c1ccccc1)c1ccccc1. The minimum absolute atomic E-state index is 0.0443. The molecule has 0 fully saturated rings. The highest BCUT2D eigenvalue weighted by atomic mass is 32.2. The topological polar surface area (TPSA) is 81.4 Å². The van der Waals surface area contributed by atoms with E-state index in [0.717, 1.165) is 0 Å². The van der Waals surface area contributed by atoms with Gasteiger partial charge in [0.15, 0.2) is 18.2 Å². The number of oxazole rings is 1. The molecule has 4 aromatic rings. The molecule has 0 radical (unpaired) electrons. The number of nitrogens with one attached hydrogen (secondary N) is 1. The summed E-state index contributed by atoms with van der Waals surface area (Å²) in [5, 5.41) is 0. The summed E-state index contributed by atoms with van der Waals surface area (Å²) in [5.74, 6) is -0.416. The summed E-state index contributed by atoms with van der Waals surface area (Å²) in [6.45, 7) is -0.173. The molecule has 4 rings (SSSR count). The molecule has 8 heteroatoms. The third-order valence-corrected chi connectivity index (χ3v) is 5.53. The molecule has 0 saturated heterocycles. The Morgan fingerprint density at radius 3 is 2.23 bits per heavy atom. The summed E-state index contributed by atoms with van der Waals surface area (Å²) in [6.07, 6.45) is 0. The number of sulfonamides is 1. The van der Waals surface area contributed by atoms with Gasteiger partial charge in [-0.15, -0.1) is 0 Å². The molecule has 152 valence electrons. The van der Waals surface area contributed by atoms with Crippen LogP contribution in [0, 0.1) is 5.82 Å². The van der Waals surface area contributed by atoms with E-state index < -0.39 is 15.8 Å². The summed E-state index contributed by atoms with van der Waals surface area (Å²) in [6, 6.07) is 22.9. The summed E-state index contributed by atoms with van der Waals surface area (Å²) >= 11 is 0. The van der Waals surface area contributed by atoms with Crippen LogP contribution in [0.15, 0.2) is 94.2 Å². The molecule has 30 heavy (non-hydrogen) atoms. The van der Waals surface area contributed by atoms with Gasteiger partial charge in [-0.3, -0.25) is 0 Å². The molecule has 0 amide bonds. The van der Waals surface area contributed by atoms with E-state index in [2.05, 4.69) is 9.71 Å². The summed E-state index contributed by atoms with van der Waals surface area (Å²) in [5.41, 5.74) is 0.964. The predicted octanol–water partition coefficient (Wildman–Crippen LogP) is 4.86. The van der Waals surface area contributed by atoms with Gasteiger partial charge in [-0.05, 0) is 24.3 Å². The maximum atomic E-state index is 13.8. The van der Waals surface area contributed by atoms with Crippen LogP contribution in [0.5, 0.6) is 5.75 Å². The van der Waals surface area contributed by atoms with Gasteiger partial charge in [0.2, 0.25) is 11.8 Å². The number of aromatic nitrogens is 1. The minimum atomic E-state index is -3.89. The number of nitrogens with zero attached hydrogens (tertiary/aromatic N) is 1. The van der Waals surface area contributed by atoms with E-state index in [1.165, 1.54) is 24.3 Å². The number of hydrogen-bond donors (Lipinski definition) is 1. The Bertz CT molecular complexity index is 1240. The molecular formula is C22H17FN2O4S. The third-order valence-electron chi connectivity index (χ3n) is 4.19. The lowest BCUT2D eigenvalue weighted by molar-refractivity contribution is 0.254. The Kier molecular flexibility index (Phi) is 5.49. The first-order valence-electron chi connectivity index (χ1n) is 9.03. The van der Waals surface area contributed by atoms with Gasteiger partial charge >= 0.3 is 0 Å². The smallest absolute Gasteiger partial charge is 0.264 e. The van der Waals surface area contributed by atoms with E-state index >= 15 is 0 Å². The number of ether oxygens (including phenoxy) is 1. The highest BCUT2D eigenvalue weighted by molar-refractivity contribution is 7.92. The van der Waals surface area contributed by atoms with Crippen LogP contribution in [0.4, 0.5) is 10.3 Å². The van der Waals surface area contributed by atoms with Crippen LogP contribution in [0.25, 0.3) is 11.3 Å². The van der Waals surface area contributed by atoms with Crippen molar-refractivity contribution in [3.8, 4) is 17.0 Å².